The summed E-state index contributed by atoms with van der Waals surface area (Å²) in [7, 11) is 1.50. The van der Waals surface area contributed by atoms with Crippen LogP contribution in [0.15, 0.2) is 27.9 Å². The molecule has 28 heavy (non-hydrogen) atoms. The number of halogens is 1. The number of rotatable bonds is 7. The van der Waals surface area contributed by atoms with Gasteiger partial charge in [-0.2, -0.15) is 0 Å². The van der Waals surface area contributed by atoms with E-state index in [1.165, 1.54) is 14.0 Å². The summed E-state index contributed by atoms with van der Waals surface area (Å²) in [5.41, 5.74) is 2.04. The number of methoxy groups -OCH3 is 1. The van der Waals surface area contributed by atoms with Crippen molar-refractivity contribution < 1.29 is 23.8 Å². The van der Waals surface area contributed by atoms with Gasteiger partial charge in [0.05, 0.1) is 24.2 Å². The number of ether oxygens (including phenoxy) is 3. The van der Waals surface area contributed by atoms with Crippen molar-refractivity contribution in [3.63, 3.8) is 0 Å². The number of carbonyl (C=O) groups excluding carboxylic acids is 2. The molecule has 1 aromatic carbocycles. The van der Waals surface area contributed by atoms with Gasteiger partial charge in [-0.1, -0.05) is 0 Å². The maximum atomic E-state index is 12.2. The average Bonchev–Trinajstić information content (AvgIpc) is 2.62. The molecule has 9 heteroatoms. The van der Waals surface area contributed by atoms with E-state index in [9.17, 15) is 9.59 Å². The lowest BCUT2D eigenvalue weighted by Crippen LogP contribution is -2.44. The van der Waals surface area contributed by atoms with Crippen LogP contribution in [0.4, 0.5) is 0 Å². The second-order valence-corrected chi connectivity index (χ2v) is 7.44. The molecule has 0 bridgehead atoms. The Kier molecular flexibility index (Phi) is 7.42. The summed E-state index contributed by atoms with van der Waals surface area (Å²) in [4.78, 5) is 24.1. The van der Waals surface area contributed by atoms with Crippen molar-refractivity contribution in [3.05, 3.63) is 33.4 Å². The molecule has 1 aliphatic rings. The first-order chi connectivity index (χ1) is 13.2. The van der Waals surface area contributed by atoms with Crippen LogP contribution >= 0.6 is 28.1 Å². The Balaban J connectivity index is 2.44. The molecule has 152 valence electrons. The molecule has 2 atom stereocenters. The molecule has 0 aromatic heterocycles. The molecular formula is C19H23BrN2O5S. The third-order valence-corrected chi connectivity index (χ3v) is 4.96. The molecule has 0 spiro atoms. The van der Waals surface area contributed by atoms with Crippen LogP contribution in [-0.2, 0) is 14.3 Å². The second-order valence-electron chi connectivity index (χ2n) is 6.17. The minimum atomic E-state index is -0.810. The van der Waals surface area contributed by atoms with Crippen molar-refractivity contribution in [1.82, 2.24) is 10.6 Å². The maximum absolute atomic E-state index is 12.2. The van der Waals surface area contributed by atoms with E-state index in [1.807, 2.05) is 6.92 Å². The zero-order valence-corrected chi connectivity index (χ0v) is 18.7. The number of Topliss-reactive ketones (excluding diaryl/α,β-unsaturated/α-hetero) is 1. The molecule has 1 aromatic rings. The predicted octanol–water partition coefficient (Wildman–Crippen LogP) is 3.17. The van der Waals surface area contributed by atoms with Gasteiger partial charge >= 0.3 is 5.97 Å². The standard InChI is InChI=1S/C19H23BrN2O5S/c1-6-26-18(24)11(4)27-17-13(20)7-12(8-14(17)25-5)16-15(10(3)23)9(2)21-19(28)22-16/h7-8,11,16H,6H2,1-5H3,(H2,21,22,28)/t11-,16+/m0/s1. The maximum Gasteiger partial charge on any atom is 0.347 e. The molecule has 0 fully saturated rings. The summed E-state index contributed by atoms with van der Waals surface area (Å²) in [6.07, 6.45) is -0.810. The van der Waals surface area contributed by atoms with E-state index in [0.717, 1.165) is 5.56 Å². The Morgan fingerprint density at radius 3 is 2.61 bits per heavy atom. The molecule has 1 heterocycles. The van der Waals surface area contributed by atoms with E-state index in [2.05, 4.69) is 26.6 Å². The molecule has 1 aliphatic heterocycles. The summed E-state index contributed by atoms with van der Waals surface area (Å²) >= 11 is 8.72. The number of ketones is 1. The smallest absolute Gasteiger partial charge is 0.347 e. The minimum Gasteiger partial charge on any atom is -0.493 e. The molecule has 0 radical (unpaired) electrons. The van der Waals surface area contributed by atoms with Gasteiger partial charge in [0.1, 0.15) is 0 Å². The highest BCUT2D eigenvalue weighted by molar-refractivity contribution is 9.10. The van der Waals surface area contributed by atoms with E-state index in [-0.39, 0.29) is 12.4 Å². The van der Waals surface area contributed by atoms with Crippen LogP contribution < -0.4 is 20.1 Å². The van der Waals surface area contributed by atoms with Crippen LogP contribution in [0.2, 0.25) is 0 Å². The van der Waals surface area contributed by atoms with Crippen molar-refractivity contribution in [3.8, 4) is 11.5 Å². The molecule has 0 aliphatic carbocycles. The van der Waals surface area contributed by atoms with Gasteiger partial charge in [-0.15, -0.1) is 0 Å². The average molecular weight is 471 g/mol. The fourth-order valence-corrected chi connectivity index (χ4v) is 3.74. The molecule has 0 saturated heterocycles. The first-order valence-electron chi connectivity index (χ1n) is 8.69. The molecular weight excluding hydrogens is 448 g/mol. The lowest BCUT2D eigenvalue weighted by atomic mass is 9.93. The lowest BCUT2D eigenvalue weighted by molar-refractivity contribution is -0.150. The summed E-state index contributed by atoms with van der Waals surface area (Å²) in [5, 5.41) is 6.52. The molecule has 0 amide bonds. The minimum absolute atomic E-state index is 0.0728. The Morgan fingerprint density at radius 1 is 1.36 bits per heavy atom. The highest BCUT2D eigenvalue weighted by atomic mass is 79.9. The number of hydrogen-bond acceptors (Lipinski definition) is 6. The highest BCUT2D eigenvalue weighted by Crippen LogP contribution is 2.40. The van der Waals surface area contributed by atoms with E-state index >= 15 is 0 Å². The number of nitrogens with one attached hydrogen (secondary N) is 2. The zero-order chi connectivity index (χ0) is 21.0. The fraction of sp³-hybridized carbons (Fsp3) is 0.421. The third-order valence-electron chi connectivity index (χ3n) is 4.15. The van der Waals surface area contributed by atoms with Gasteiger partial charge in [-0.05, 0) is 73.5 Å². The van der Waals surface area contributed by atoms with Crippen molar-refractivity contribution in [2.24, 2.45) is 0 Å². The third kappa shape index (κ3) is 4.82. The number of benzene rings is 1. The largest absolute Gasteiger partial charge is 0.493 e. The van der Waals surface area contributed by atoms with Gasteiger partial charge in [0.2, 0.25) is 0 Å². The van der Waals surface area contributed by atoms with Crippen molar-refractivity contribution in [2.45, 2.75) is 39.8 Å². The van der Waals surface area contributed by atoms with Crippen LogP contribution in [0, 0.1) is 0 Å². The molecule has 0 unspecified atom stereocenters. The topological polar surface area (TPSA) is 85.9 Å². The van der Waals surface area contributed by atoms with E-state index in [0.29, 0.717) is 32.4 Å². The molecule has 0 saturated carbocycles. The number of allylic oxidation sites excluding steroid dienone is 1. The highest BCUT2D eigenvalue weighted by Gasteiger charge is 2.30. The van der Waals surface area contributed by atoms with Gasteiger partial charge < -0.3 is 24.8 Å². The first-order valence-corrected chi connectivity index (χ1v) is 9.89. The molecule has 2 rings (SSSR count). The lowest BCUT2D eigenvalue weighted by Gasteiger charge is -2.30. The molecule has 2 N–H and O–H groups in total. The predicted molar refractivity (Wildman–Crippen MR) is 112 cm³/mol. The first kappa shape index (κ1) is 22.2. The molecule has 7 nitrogen and oxygen atoms in total. The van der Waals surface area contributed by atoms with Crippen molar-refractivity contribution in [2.75, 3.05) is 13.7 Å². The summed E-state index contributed by atoms with van der Waals surface area (Å²) in [5.74, 6) is 0.236. The van der Waals surface area contributed by atoms with E-state index in [1.54, 1.807) is 26.0 Å². The fourth-order valence-electron chi connectivity index (χ4n) is 2.92. The SMILES string of the molecule is CCOC(=O)[C@H](C)Oc1c(Br)cc([C@H]2NC(=S)NC(C)=C2C(C)=O)cc1OC. The van der Waals surface area contributed by atoms with Gasteiger partial charge in [-0.3, -0.25) is 4.79 Å². The second kappa shape index (κ2) is 9.38. The van der Waals surface area contributed by atoms with Crippen molar-refractivity contribution >= 4 is 45.0 Å². The van der Waals surface area contributed by atoms with Crippen LogP contribution in [0.1, 0.15) is 39.3 Å². The van der Waals surface area contributed by atoms with E-state index in [4.69, 9.17) is 26.4 Å². The van der Waals surface area contributed by atoms with Crippen LogP contribution in [0.5, 0.6) is 11.5 Å². The van der Waals surface area contributed by atoms with E-state index < -0.39 is 18.1 Å². The van der Waals surface area contributed by atoms with Gasteiger partial charge in [0, 0.05) is 11.3 Å². The van der Waals surface area contributed by atoms with Gasteiger partial charge in [0.25, 0.3) is 0 Å². The van der Waals surface area contributed by atoms with Gasteiger partial charge in [0.15, 0.2) is 28.5 Å². The summed E-state index contributed by atoms with van der Waals surface area (Å²) < 4.78 is 16.8. The Labute approximate surface area is 177 Å². The zero-order valence-electron chi connectivity index (χ0n) is 16.3. The summed E-state index contributed by atoms with van der Waals surface area (Å²) in [6.45, 7) is 6.92. The van der Waals surface area contributed by atoms with Crippen LogP contribution in [0.25, 0.3) is 0 Å². The summed E-state index contributed by atoms with van der Waals surface area (Å²) in [6, 6.07) is 3.12. The number of hydrogen-bond donors (Lipinski definition) is 2. The quantitative estimate of drug-likeness (QED) is 0.464. The Bertz CT molecular complexity index is 840. The van der Waals surface area contributed by atoms with Crippen molar-refractivity contribution in [1.29, 1.82) is 0 Å². The Morgan fingerprint density at radius 2 is 2.04 bits per heavy atom. The monoisotopic (exact) mass is 470 g/mol. The normalized spacial score (nSPS) is 17.4. The Hall–Kier alpha value is -2.13. The van der Waals surface area contributed by atoms with Crippen LogP contribution in [-0.4, -0.2) is 36.7 Å². The number of thiocarbonyl (C=S) groups is 1. The number of esters is 1. The number of carbonyl (C=O) groups is 2. The van der Waals surface area contributed by atoms with Crippen LogP contribution in [0.3, 0.4) is 0 Å². The van der Waals surface area contributed by atoms with Gasteiger partial charge in [-0.25, -0.2) is 4.79 Å².